The van der Waals surface area contributed by atoms with Crippen LogP contribution in [0.25, 0.3) is 0 Å². The molecule has 0 aromatic rings. The van der Waals surface area contributed by atoms with E-state index < -0.39 is 0 Å². The molecule has 4 N–H and O–H groups in total. The van der Waals surface area contributed by atoms with E-state index in [4.69, 9.17) is 12.2 Å². The third kappa shape index (κ3) is 36.5. The number of carbonyl (C=O) groups is 2. The number of hydrazine groups is 1. The zero-order valence-electron chi connectivity index (χ0n) is 20.2. The van der Waals surface area contributed by atoms with Gasteiger partial charge in [0.15, 0.2) is 0 Å². The molecule has 0 fully saturated rings. The van der Waals surface area contributed by atoms with Crippen LogP contribution < -0.4 is 21.5 Å². The first-order chi connectivity index (χ1) is 12.6. The molecule has 0 unspecified atom stereocenters. The Kier molecular flexibility index (Phi) is 35.3. The van der Waals surface area contributed by atoms with Crippen LogP contribution in [-0.2, 0) is 9.59 Å². The Morgan fingerprint density at radius 3 is 1.06 bits per heavy atom. The second kappa shape index (κ2) is 25.1. The zero-order chi connectivity index (χ0) is 23.0. The number of hydrogen-bond donors (Lipinski definition) is 4. The molecule has 192 valence electrons. The van der Waals surface area contributed by atoms with Gasteiger partial charge in [0.1, 0.15) is 0 Å². The van der Waals surface area contributed by atoms with Crippen molar-refractivity contribution in [2.45, 2.75) is 123 Å². The van der Waals surface area contributed by atoms with Gasteiger partial charge in [0, 0.05) is 35.9 Å². The van der Waals surface area contributed by atoms with Crippen molar-refractivity contribution in [2.75, 3.05) is 0 Å². The standard InChI is InChI=1S/C7H16N2O.C7H15NO.C7H15NS.3CH4/c1-5(2)7(10)9-8-6(3)4;2*1-5(2)7(9)8-6(3)4;;;/h5-6,8H,1-4H3,(H,9,10);2*5-6H,1-4H3,(H,8,9);3*1H4. The Morgan fingerprint density at radius 1 is 0.548 bits per heavy atom. The van der Waals surface area contributed by atoms with Crippen molar-refractivity contribution in [2.24, 2.45) is 17.8 Å². The van der Waals surface area contributed by atoms with E-state index in [1.54, 1.807) is 0 Å². The maximum atomic E-state index is 10.9. The van der Waals surface area contributed by atoms with Crippen molar-refractivity contribution in [3.05, 3.63) is 0 Å². The van der Waals surface area contributed by atoms with Crippen LogP contribution in [0.3, 0.4) is 0 Å². The first kappa shape index (κ1) is 43.6. The number of carbonyl (C=O) groups excluding carboxylic acids is 2. The molecule has 0 radical (unpaired) electrons. The summed E-state index contributed by atoms with van der Waals surface area (Å²) < 4.78 is 0. The molecular formula is C24H58N4O2S. The highest BCUT2D eigenvalue weighted by atomic mass is 32.1. The highest BCUT2D eigenvalue weighted by molar-refractivity contribution is 7.80. The van der Waals surface area contributed by atoms with Crippen molar-refractivity contribution >= 4 is 29.0 Å². The van der Waals surface area contributed by atoms with Gasteiger partial charge in [0.2, 0.25) is 11.8 Å². The third-order valence-electron chi connectivity index (χ3n) is 2.92. The van der Waals surface area contributed by atoms with Crippen molar-refractivity contribution in [1.82, 2.24) is 21.5 Å². The van der Waals surface area contributed by atoms with Crippen LogP contribution in [0.4, 0.5) is 0 Å². The van der Waals surface area contributed by atoms with Gasteiger partial charge in [-0.15, -0.1) is 0 Å². The summed E-state index contributed by atoms with van der Waals surface area (Å²) in [5.41, 5.74) is 5.42. The highest BCUT2D eigenvalue weighted by Crippen LogP contribution is 1.94. The monoisotopic (exact) mass is 466 g/mol. The maximum absolute atomic E-state index is 10.9. The highest BCUT2D eigenvalue weighted by Gasteiger charge is 2.06. The minimum atomic E-state index is 0. The van der Waals surface area contributed by atoms with Crippen LogP contribution in [0.5, 0.6) is 0 Å². The molecule has 6 nitrogen and oxygen atoms in total. The van der Waals surface area contributed by atoms with Gasteiger partial charge in [-0.2, -0.15) is 0 Å². The topological polar surface area (TPSA) is 82.3 Å². The van der Waals surface area contributed by atoms with E-state index in [1.165, 1.54) is 0 Å². The van der Waals surface area contributed by atoms with Gasteiger partial charge < -0.3 is 10.6 Å². The van der Waals surface area contributed by atoms with E-state index in [0.29, 0.717) is 18.0 Å². The van der Waals surface area contributed by atoms with E-state index in [-0.39, 0.29) is 52.0 Å². The average Bonchev–Trinajstić information content (AvgIpc) is 2.52. The van der Waals surface area contributed by atoms with E-state index in [9.17, 15) is 9.59 Å². The Morgan fingerprint density at radius 2 is 0.903 bits per heavy atom. The lowest BCUT2D eigenvalue weighted by Gasteiger charge is -2.13. The lowest BCUT2D eigenvalue weighted by Crippen LogP contribution is -2.43. The molecule has 0 spiro atoms. The summed E-state index contributed by atoms with van der Waals surface area (Å²) >= 11 is 5.04. The fourth-order valence-corrected chi connectivity index (χ4v) is 1.50. The zero-order valence-corrected chi connectivity index (χ0v) is 21.0. The minimum absolute atomic E-state index is 0. The second-order valence-corrected chi connectivity index (χ2v) is 9.02. The number of nitrogens with one attached hydrogen (secondary N) is 4. The van der Waals surface area contributed by atoms with Crippen molar-refractivity contribution in [3.63, 3.8) is 0 Å². The molecule has 0 aliphatic carbocycles. The summed E-state index contributed by atoms with van der Waals surface area (Å²) in [6, 6.07) is 1.03. The van der Waals surface area contributed by atoms with Gasteiger partial charge in [0.05, 0.1) is 4.99 Å². The largest absolute Gasteiger partial charge is 0.377 e. The Hall–Kier alpha value is -1.21. The predicted molar refractivity (Wildman–Crippen MR) is 145 cm³/mol. The van der Waals surface area contributed by atoms with Crippen LogP contribution in [0.2, 0.25) is 0 Å². The molecule has 0 heterocycles. The number of hydrogen-bond acceptors (Lipinski definition) is 4. The van der Waals surface area contributed by atoms with E-state index in [2.05, 4.69) is 49.2 Å². The normalized spacial score (nSPS) is 9.48. The fraction of sp³-hybridized carbons (Fsp3) is 0.875. The number of amides is 2. The predicted octanol–water partition coefficient (Wildman–Crippen LogP) is 5.71. The molecule has 0 atom stereocenters. The molecule has 0 saturated carbocycles. The fourth-order valence-electron chi connectivity index (χ4n) is 1.26. The molecular weight excluding hydrogens is 408 g/mol. The summed E-state index contributed by atoms with van der Waals surface area (Å²) in [5.74, 6) is 0.791. The van der Waals surface area contributed by atoms with E-state index in [1.807, 2.05) is 55.4 Å². The van der Waals surface area contributed by atoms with Gasteiger partial charge in [-0.25, -0.2) is 5.43 Å². The van der Waals surface area contributed by atoms with Crippen molar-refractivity contribution in [1.29, 1.82) is 0 Å². The lowest BCUT2D eigenvalue weighted by molar-refractivity contribution is -0.125. The molecule has 0 aliphatic heterocycles. The summed E-state index contributed by atoms with van der Waals surface area (Å²) in [4.78, 5) is 22.7. The second-order valence-electron chi connectivity index (χ2n) is 8.58. The van der Waals surface area contributed by atoms with Crippen molar-refractivity contribution < 1.29 is 9.59 Å². The Labute approximate surface area is 201 Å². The number of thiocarbonyl (C=S) groups is 1. The minimum Gasteiger partial charge on any atom is -0.377 e. The van der Waals surface area contributed by atoms with Gasteiger partial charge in [0.25, 0.3) is 0 Å². The molecule has 0 aromatic carbocycles. The first-order valence-electron chi connectivity index (χ1n) is 10.3. The first-order valence-corrected chi connectivity index (χ1v) is 10.7. The summed E-state index contributed by atoms with van der Waals surface area (Å²) in [6.45, 7) is 23.7. The van der Waals surface area contributed by atoms with Gasteiger partial charge >= 0.3 is 0 Å². The molecule has 0 rings (SSSR count). The summed E-state index contributed by atoms with van der Waals surface area (Å²) in [7, 11) is 0. The molecule has 2 amide bonds. The quantitative estimate of drug-likeness (QED) is 0.285. The molecule has 0 aliphatic rings. The maximum Gasteiger partial charge on any atom is 0.236 e. The van der Waals surface area contributed by atoms with Gasteiger partial charge in [-0.1, -0.05) is 76.0 Å². The lowest BCUT2D eigenvalue weighted by atomic mass is 10.2. The van der Waals surface area contributed by atoms with Crippen LogP contribution >= 0.6 is 12.2 Å². The SMILES string of the molecule is C.C.C.CC(C)NC(=O)C(C)C.CC(C)NC(=S)C(C)C.CC(C)NNC(=O)C(C)C. The van der Waals surface area contributed by atoms with Crippen LogP contribution in [-0.4, -0.2) is 34.9 Å². The Balaban J connectivity index is -0.0000000722. The van der Waals surface area contributed by atoms with E-state index >= 15 is 0 Å². The molecule has 31 heavy (non-hydrogen) atoms. The van der Waals surface area contributed by atoms with Gasteiger partial charge in [-0.05, 0) is 41.5 Å². The summed E-state index contributed by atoms with van der Waals surface area (Å²) in [5, 5.41) is 5.98. The average molecular weight is 467 g/mol. The van der Waals surface area contributed by atoms with Gasteiger partial charge in [-0.3, -0.25) is 15.0 Å². The smallest absolute Gasteiger partial charge is 0.236 e. The number of rotatable bonds is 7. The molecule has 7 heteroatoms. The molecule has 0 saturated heterocycles. The van der Waals surface area contributed by atoms with Crippen LogP contribution in [0.1, 0.15) is 105 Å². The van der Waals surface area contributed by atoms with E-state index in [0.717, 1.165) is 4.99 Å². The third-order valence-corrected chi connectivity index (χ3v) is 3.51. The molecule has 0 aromatic heterocycles. The van der Waals surface area contributed by atoms with Crippen LogP contribution in [0, 0.1) is 17.8 Å². The van der Waals surface area contributed by atoms with Crippen LogP contribution in [0.15, 0.2) is 0 Å². The molecule has 0 bridgehead atoms. The summed E-state index contributed by atoms with van der Waals surface area (Å²) in [6.07, 6.45) is 0. The Bertz CT molecular complexity index is 409. The van der Waals surface area contributed by atoms with Crippen molar-refractivity contribution in [3.8, 4) is 0 Å².